The van der Waals surface area contributed by atoms with E-state index < -0.39 is 18.1 Å². The molecule has 0 saturated carbocycles. The highest BCUT2D eigenvalue weighted by atomic mass is 32.1. The molecule has 10 heteroatoms. The number of thiazole rings is 1. The summed E-state index contributed by atoms with van der Waals surface area (Å²) in [6.07, 6.45) is -0.508. The molecule has 8 nitrogen and oxygen atoms in total. The number of carbonyl (C=O) groups excluding carboxylic acids is 2. The summed E-state index contributed by atoms with van der Waals surface area (Å²) in [7, 11) is 0. The maximum atomic E-state index is 13.5. The molecule has 4 rings (SSSR count). The first kappa shape index (κ1) is 24.4. The Morgan fingerprint density at radius 1 is 1.24 bits per heavy atom. The van der Waals surface area contributed by atoms with Gasteiger partial charge in [-0.25, -0.2) is 9.97 Å². The number of aryl methyl sites for hydroxylation is 2. The van der Waals surface area contributed by atoms with E-state index in [2.05, 4.69) is 19.7 Å². The lowest BCUT2D eigenvalue weighted by Gasteiger charge is -2.28. The van der Waals surface area contributed by atoms with Gasteiger partial charge in [-0.3, -0.25) is 9.59 Å². The Labute approximate surface area is 207 Å². The minimum absolute atomic E-state index is 0.0120. The smallest absolute Gasteiger partial charge is 0.243 e. The molecule has 0 radical (unpaired) electrons. The fourth-order valence-electron chi connectivity index (χ4n) is 4.26. The normalized spacial score (nSPS) is 18.9. The number of likely N-dealkylation sites (tertiary alicyclic amines) is 1. The van der Waals surface area contributed by atoms with Crippen molar-refractivity contribution in [2.24, 2.45) is 5.92 Å². The average Bonchev–Trinajstić information content (AvgIpc) is 3.52. The average molecular weight is 500 g/mol. The Hall–Kier alpha value is -2.69. The molecular weight excluding hydrogens is 470 g/mol. The third-order valence-corrected chi connectivity index (χ3v) is 7.90. The van der Waals surface area contributed by atoms with Crippen molar-refractivity contribution in [1.29, 1.82) is 0 Å². The van der Waals surface area contributed by atoms with Crippen molar-refractivity contribution in [3.05, 3.63) is 51.9 Å². The molecule has 1 aliphatic heterocycles. The van der Waals surface area contributed by atoms with E-state index in [1.807, 2.05) is 50.5 Å². The molecule has 34 heavy (non-hydrogen) atoms. The molecule has 3 heterocycles. The van der Waals surface area contributed by atoms with Crippen LogP contribution in [-0.2, 0) is 16.1 Å². The van der Waals surface area contributed by atoms with Gasteiger partial charge < -0.3 is 15.3 Å². The first-order valence-electron chi connectivity index (χ1n) is 11.3. The minimum atomic E-state index is -0.731. The van der Waals surface area contributed by atoms with Crippen molar-refractivity contribution in [1.82, 2.24) is 24.6 Å². The molecule has 1 aromatic carbocycles. The number of nitrogens with zero attached hydrogens (tertiary/aromatic N) is 4. The fourth-order valence-corrected chi connectivity index (χ4v) is 6.00. The number of rotatable bonds is 7. The Bertz CT molecular complexity index is 1160. The van der Waals surface area contributed by atoms with Gasteiger partial charge in [-0.2, -0.15) is 4.37 Å². The number of amides is 2. The van der Waals surface area contributed by atoms with Crippen LogP contribution in [0.5, 0.6) is 0 Å². The predicted molar refractivity (Wildman–Crippen MR) is 132 cm³/mol. The second-order valence-corrected chi connectivity index (χ2v) is 10.6. The van der Waals surface area contributed by atoms with Crippen molar-refractivity contribution >= 4 is 34.7 Å². The van der Waals surface area contributed by atoms with E-state index >= 15 is 0 Å². The van der Waals surface area contributed by atoms with Crippen LogP contribution in [0.2, 0.25) is 0 Å². The van der Waals surface area contributed by atoms with Gasteiger partial charge in [0.15, 0.2) is 0 Å². The van der Waals surface area contributed by atoms with Crippen LogP contribution in [0.4, 0.5) is 0 Å². The van der Waals surface area contributed by atoms with E-state index in [9.17, 15) is 14.7 Å². The first-order chi connectivity index (χ1) is 16.2. The van der Waals surface area contributed by atoms with E-state index in [0.29, 0.717) is 17.4 Å². The summed E-state index contributed by atoms with van der Waals surface area (Å²) in [6, 6.07) is 7.29. The molecule has 1 aliphatic rings. The van der Waals surface area contributed by atoms with Gasteiger partial charge in [0, 0.05) is 19.5 Å². The summed E-state index contributed by atoms with van der Waals surface area (Å²) in [5, 5.41) is 13.9. The number of β-amino-alcohol motifs (C(OH)–C–C–N with tert-alkyl or cyclic N) is 1. The minimum Gasteiger partial charge on any atom is -0.391 e. The van der Waals surface area contributed by atoms with Gasteiger partial charge in [0.1, 0.15) is 16.9 Å². The first-order valence-corrected chi connectivity index (χ1v) is 13.0. The quantitative estimate of drug-likeness (QED) is 0.516. The van der Waals surface area contributed by atoms with Gasteiger partial charge in [0.05, 0.1) is 28.1 Å². The SMILES string of the molecule is Cc1nsc([C@H](C(=O)N2C[C@H](O)C[C@H]2C(=O)NCc2ccc(-c3scnc3C)cc2)C(C)C)n1. The highest BCUT2D eigenvalue weighted by Gasteiger charge is 2.42. The van der Waals surface area contributed by atoms with Crippen molar-refractivity contribution in [2.45, 2.75) is 58.7 Å². The maximum Gasteiger partial charge on any atom is 0.243 e. The number of carbonyl (C=O) groups is 2. The standard InChI is InChI=1S/C24H29N5O3S2/c1-13(2)20(23-27-15(4)28-34-23)24(32)29-11-18(30)9-19(29)22(31)25-10-16-5-7-17(8-6-16)21-14(3)26-12-33-21/h5-8,12-13,18-20,30H,9-11H2,1-4H3,(H,25,31)/t18-,19+,20-/m1/s1. The molecule has 2 amide bonds. The van der Waals surface area contributed by atoms with Crippen LogP contribution < -0.4 is 5.32 Å². The van der Waals surface area contributed by atoms with Crippen molar-refractivity contribution in [3.8, 4) is 10.4 Å². The van der Waals surface area contributed by atoms with Gasteiger partial charge in [-0.15, -0.1) is 11.3 Å². The molecular formula is C24H29N5O3S2. The highest BCUT2D eigenvalue weighted by Crippen LogP contribution is 2.32. The molecule has 1 fully saturated rings. The van der Waals surface area contributed by atoms with Gasteiger partial charge in [0.2, 0.25) is 11.8 Å². The Kier molecular flexibility index (Phi) is 7.39. The lowest BCUT2D eigenvalue weighted by atomic mass is 9.94. The molecule has 3 aromatic rings. The monoisotopic (exact) mass is 499 g/mol. The zero-order valence-corrected chi connectivity index (χ0v) is 21.3. The highest BCUT2D eigenvalue weighted by molar-refractivity contribution is 7.13. The van der Waals surface area contributed by atoms with Crippen LogP contribution in [0.3, 0.4) is 0 Å². The largest absolute Gasteiger partial charge is 0.391 e. The zero-order chi connectivity index (χ0) is 24.4. The van der Waals surface area contributed by atoms with E-state index in [1.165, 1.54) is 16.4 Å². The van der Waals surface area contributed by atoms with Crippen LogP contribution in [-0.4, -0.2) is 54.9 Å². The van der Waals surface area contributed by atoms with E-state index in [4.69, 9.17) is 0 Å². The lowest BCUT2D eigenvalue weighted by Crippen LogP contribution is -2.48. The van der Waals surface area contributed by atoms with Crippen LogP contribution in [0.15, 0.2) is 29.8 Å². The topological polar surface area (TPSA) is 108 Å². The zero-order valence-electron chi connectivity index (χ0n) is 19.7. The van der Waals surface area contributed by atoms with Gasteiger partial charge in [0.25, 0.3) is 0 Å². The number of hydrogen-bond donors (Lipinski definition) is 2. The Balaban J connectivity index is 1.43. The number of aliphatic hydroxyl groups is 1. The molecule has 2 aromatic heterocycles. The summed E-state index contributed by atoms with van der Waals surface area (Å²) in [6.45, 7) is 8.18. The molecule has 0 spiro atoms. The van der Waals surface area contributed by atoms with Crippen LogP contribution >= 0.6 is 22.9 Å². The molecule has 2 N–H and O–H groups in total. The van der Waals surface area contributed by atoms with Crippen LogP contribution in [0, 0.1) is 19.8 Å². The van der Waals surface area contributed by atoms with E-state index in [1.54, 1.807) is 18.3 Å². The van der Waals surface area contributed by atoms with Gasteiger partial charge in [-0.05, 0) is 42.4 Å². The number of hydrogen-bond acceptors (Lipinski definition) is 8. The second kappa shape index (κ2) is 10.3. The maximum absolute atomic E-state index is 13.5. The Morgan fingerprint density at radius 2 is 1.97 bits per heavy atom. The number of aromatic nitrogens is 3. The summed E-state index contributed by atoms with van der Waals surface area (Å²) in [4.78, 5) is 37.9. The lowest BCUT2D eigenvalue weighted by molar-refractivity contribution is -0.140. The Morgan fingerprint density at radius 3 is 2.56 bits per heavy atom. The molecule has 0 bridgehead atoms. The van der Waals surface area contributed by atoms with Crippen LogP contribution in [0.1, 0.15) is 48.3 Å². The molecule has 180 valence electrons. The number of nitrogens with one attached hydrogen (secondary N) is 1. The van der Waals surface area contributed by atoms with E-state index in [-0.39, 0.29) is 30.7 Å². The molecule has 3 atom stereocenters. The van der Waals surface area contributed by atoms with Gasteiger partial charge in [-0.1, -0.05) is 38.1 Å². The number of benzene rings is 1. The third kappa shape index (κ3) is 5.18. The van der Waals surface area contributed by atoms with Crippen molar-refractivity contribution < 1.29 is 14.7 Å². The summed E-state index contributed by atoms with van der Waals surface area (Å²) in [5.74, 6) is -0.322. The van der Waals surface area contributed by atoms with E-state index in [0.717, 1.165) is 21.7 Å². The molecule has 1 saturated heterocycles. The molecule has 0 unspecified atom stereocenters. The summed E-state index contributed by atoms with van der Waals surface area (Å²) >= 11 is 2.82. The summed E-state index contributed by atoms with van der Waals surface area (Å²) in [5.41, 5.74) is 4.88. The number of aliphatic hydroxyl groups excluding tert-OH is 1. The second-order valence-electron chi connectivity index (χ2n) is 8.98. The molecule has 0 aliphatic carbocycles. The summed E-state index contributed by atoms with van der Waals surface area (Å²) < 4.78 is 4.22. The predicted octanol–water partition coefficient (Wildman–Crippen LogP) is 3.30. The third-order valence-electron chi connectivity index (χ3n) is 6.04. The van der Waals surface area contributed by atoms with Crippen molar-refractivity contribution in [3.63, 3.8) is 0 Å². The van der Waals surface area contributed by atoms with Crippen LogP contribution in [0.25, 0.3) is 10.4 Å². The fraction of sp³-hybridized carbons (Fsp3) is 0.458. The van der Waals surface area contributed by atoms with Gasteiger partial charge >= 0.3 is 0 Å². The van der Waals surface area contributed by atoms with Crippen molar-refractivity contribution in [2.75, 3.05) is 6.54 Å².